The van der Waals surface area contributed by atoms with Crippen LogP contribution < -0.4 is 10.2 Å². The molecular weight excluding hydrogens is 468 g/mol. The smallest absolute Gasteiger partial charge is 0.261 e. The van der Waals surface area contributed by atoms with Gasteiger partial charge in [0.2, 0.25) is 0 Å². The van der Waals surface area contributed by atoms with Crippen molar-refractivity contribution in [2.75, 3.05) is 16.8 Å². The summed E-state index contributed by atoms with van der Waals surface area (Å²) in [4.78, 5) is 33.3. The molecule has 1 aliphatic heterocycles. The van der Waals surface area contributed by atoms with Gasteiger partial charge in [0.25, 0.3) is 11.8 Å². The number of benzene rings is 3. The molecular formula is C27H21F2N3O2S. The van der Waals surface area contributed by atoms with Gasteiger partial charge in [0.05, 0.1) is 22.0 Å². The van der Waals surface area contributed by atoms with Crippen LogP contribution >= 0.6 is 11.3 Å². The molecule has 3 aromatic carbocycles. The second-order valence-electron chi connectivity index (χ2n) is 8.29. The maximum Gasteiger partial charge on any atom is 0.261 e. The molecule has 8 heteroatoms. The molecule has 0 spiro atoms. The van der Waals surface area contributed by atoms with Gasteiger partial charge in [-0.25, -0.2) is 13.8 Å². The van der Waals surface area contributed by atoms with Crippen molar-refractivity contribution in [2.24, 2.45) is 0 Å². The fourth-order valence-electron chi connectivity index (χ4n) is 4.27. The summed E-state index contributed by atoms with van der Waals surface area (Å²) in [5.41, 5.74) is 2.82. The van der Waals surface area contributed by atoms with Crippen molar-refractivity contribution in [1.29, 1.82) is 0 Å². The average Bonchev–Trinajstić information content (AvgIpc) is 3.14. The molecule has 0 radical (unpaired) electrons. The number of nitrogens with one attached hydrogen (secondary N) is 1. The highest BCUT2D eigenvalue weighted by atomic mass is 32.1. The summed E-state index contributed by atoms with van der Waals surface area (Å²) in [7, 11) is 0. The number of carbonyl (C=O) groups is 2. The molecule has 2 heterocycles. The molecule has 0 aliphatic carbocycles. The second kappa shape index (κ2) is 9.03. The summed E-state index contributed by atoms with van der Waals surface area (Å²) < 4.78 is 28.9. The predicted molar refractivity (Wildman–Crippen MR) is 133 cm³/mol. The molecule has 176 valence electrons. The number of hydrogen-bond donors (Lipinski definition) is 1. The topological polar surface area (TPSA) is 62.3 Å². The zero-order valence-corrected chi connectivity index (χ0v) is 19.9. The van der Waals surface area contributed by atoms with E-state index in [4.69, 9.17) is 0 Å². The zero-order valence-electron chi connectivity index (χ0n) is 19.1. The Kier molecular flexibility index (Phi) is 5.90. The van der Waals surface area contributed by atoms with Crippen LogP contribution in [0.5, 0.6) is 0 Å². The SMILES string of the molecule is Cc1nc2c(s1)CCN(C(=O)c1ccc(NC(=O)c3cccc(F)c3C)cc1F)c1ccccc1-2. The molecule has 1 aliphatic rings. The summed E-state index contributed by atoms with van der Waals surface area (Å²) >= 11 is 1.60. The van der Waals surface area contributed by atoms with E-state index in [9.17, 15) is 14.0 Å². The molecule has 2 amide bonds. The van der Waals surface area contributed by atoms with Gasteiger partial charge >= 0.3 is 0 Å². The number of aryl methyl sites for hydroxylation is 1. The molecule has 0 atom stereocenters. The number of carbonyl (C=O) groups excluding carboxylic acids is 2. The normalized spacial score (nSPS) is 12.5. The number of amides is 2. The summed E-state index contributed by atoms with van der Waals surface area (Å²) in [5, 5.41) is 3.53. The van der Waals surface area contributed by atoms with Gasteiger partial charge in [-0.05, 0) is 55.8 Å². The summed E-state index contributed by atoms with van der Waals surface area (Å²) in [6.45, 7) is 3.85. The highest BCUT2D eigenvalue weighted by molar-refractivity contribution is 7.12. The first-order valence-corrected chi connectivity index (χ1v) is 11.9. The summed E-state index contributed by atoms with van der Waals surface area (Å²) in [6, 6.07) is 15.6. The Morgan fingerprint density at radius 3 is 2.57 bits per heavy atom. The molecule has 35 heavy (non-hydrogen) atoms. The second-order valence-corrected chi connectivity index (χ2v) is 9.58. The number of fused-ring (bicyclic) bond motifs is 3. The molecule has 0 fully saturated rings. The minimum absolute atomic E-state index is 0.103. The van der Waals surface area contributed by atoms with Crippen molar-refractivity contribution in [2.45, 2.75) is 20.3 Å². The fourth-order valence-corrected chi connectivity index (χ4v) is 5.21. The third-order valence-corrected chi connectivity index (χ3v) is 7.06. The fraction of sp³-hybridized carbons (Fsp3) is 0.148. The van der Waals surface area contributed by atoms with E-state index in [0.29, 0.717) is 18.7 Å². The van der Waals surface area contributed by atoms with Crippen molar-refractivity contribution in [3.63, 3.8) is 0 Å². The van der Waals surface area contributed by atoms with Crippen molar-refractivity contribution in [3.05, 3.63) is 98.9 Å². The van der Waals surface area contributed by atoms with Crippen LogP contribution in [0.4, 0.5) is 20.2 Å². The first-order valence-electron chi connectivity index (χ1n) is 11.1. The van der Waals surface area contributed by atoms with E-state index in [2.05, 4.69) is 10.3 Å². The van der Waals surface area contributed by atoms with Crippen LogP contribution in [0.1, 0.15) is 36.2 Å². The molecule has 0 bridgehead atoms. The number of hydrogen-bond acceptors (Lipinski definition) is 4. The predicted octanol–water partition coefficient (Wildman–Crippen LogP) is 6.16. The highest BCUT2D eigenvalue weighted by Gasteiger charge is 2.28. The van der Waals surface area contributed by atoms with Gasteiger partial charge in [0, 0.05) is 34.7 Å². The van der Waals surface area contributed by atoms with Crippen LogP contribution in [0, 0.1) is 25.5 Å². The van der Waals surface area contributed by atoms with Gasteiger partial charge in [-0.1, -0.05) is 24.3 Å². The number of aromatic nitrogens is 1. The van der Waals surface area contributed by atoms with Crippen LogP contribution in [0.25, 0.3) is 11.3 Å². The van der Waals surface area contributed by atoms with E-state index in [1.165, 1.54) is 37.3 Å². The quantitative estimate of drug-likeness (QED) is 0.375. The molecule has 1 aromatic heterocycles. The van der Waals surface area contributed by atoms with Gasteiger partial charge in [-0.3, -0.25) is 9.59 Å². The van der Waals surface area contributed by atoms with Crippen molar-refractivity contribution >= 4 is 34.5 Å². The van der Waals surface area contributed by atoms with E-state index in [1.807, 2.05) is 31.2 Å². The summed E-state index contributed by atoms with van der Waals surface area (Å²) in [6.07, 6.45) is 0.615. The lowest BCUT2D eigenvalue weighted by Crippen LogP contribution is -2.33. The first kappa shape index (κ1) is 22.9. The Balaban J connectivity index is 1.42. The minimum Gasteiger partial charge on any atom is -0.322 e. The number of thiazole rings is 1. The third-order valence-electron chi connectivity index (χ3n) is 6.03. The van der Waals surface area contributed by atoms with Gasteiger partial charge < -0.3 is 10.2 Å². The standard InChI is InChI=1S/C27H21F2N3O2S/c1-15-18(7-5-8-21(15)28)26(33)31-17-10-11-19(22(29)14-17)27(34)32-13-12-24-25(30-16(2)35-24)20-6-3-4-9-23(20)32/h3-11,14H,12-13H2,1-2H3,(H,31,33). The van der Waals surface area contributed by atoms with Crippen LogP contribution in [-0.4, -0.2) is 23.3 Å². The Hall–Kier alpha value is -3.91. The van der Waals surface area contributed by atoms with E-state index < -0.39 is 23.4 Å². The van der Waals surface area contributed by atoms with Gasteiger partial charge in [0.15, 0.2) is 0 Å². The van der Waals surface area contributed by atoms with Gasteiger partial charge in [0.1, 0.15) is 11.6 Å². The van der Waals surface area contributed by atoms with Crippen molar-refractivity contribution in [1.82, 2.24) is 4.98 Å². The maximum absolute atomic E-state index is 15.1. The Labute approximate surface area is 205 Å². The van der Waals surface area contributed by atoms with Crippen molar-refractivity contribution in [3.8, 4) is 11.3 Å². The lowest BCUT2D eigenvalue weighted by molar-refractivity contribution is 0.0982. The number of halogens is 2. The largest absolute Gasteiger partial charge is 0.322 e. The van der Waals surface area contributed by atoms with Crippen LogP contribution in [-0.2, 0) is 6.42 Å². The third kappa shape index (κ3) is 4.21. The van der Waals surface area contributed by atoms with Crippen LogP contribution in [0.15, 0.2) is 60.7 Å². The van der Waals surface area contributed by atoms with Gasteiger partial charge in [-0.2, -0.15) is 0 Å². The Morgan fingerprint density at radius 1 is 0.971 bits per heavy atom. The molecule has 5 rings (SSSR count). The molecule has 0 saturated carbocycles. The molecule has 5 nitrogen and oxygen atoms in total. The minimum atomic E-state index is -0.755. The van der Waals surface area contributed by atoms with Gasteiger partial charge in [-0.15, -0.1) is 11.3 Å². The lowest BCUT2D eigenvalue weighted by atomic mass is 10.1. The number of para-hydroxylation sites is 1. The molecule has 1 N–H and O–H groups in total. The first-order chi connectivity index (χ1) is 16.8. The van der Waals surface area contributed by atoms with E-state index in [1.54, 1.807) is 16.2 Å². The number of nitrogens with zero attached hydrogens (tertiary/aromatic N) is 2. The molecule has 0 unspecified atom stereocenters. The van der Waals surface area contributed by atoms with Crippen molar-refractivity contribution < 1.29 is 18.4 Å². The number of rotatable bonds is 3. The monoisotopic (exact) mass is 489 g/mol. The molecule has 4 aromatic rings. The summed E-state index contributed by atoms with van der Waals surface area (Å²) in [5.74, 6) is -2.28. The average molecular weight is 490 g/mol. The van der Waals surface area contributed by atoms with Crippen LogP contribution in [0.2, 0.25) is 0 Å². The van der Waals surface area contributed by atoms with E-state index >= 15 is 4.39 Å². The zero-order chi connectivity index (χ0) is 24.7. The lowest BCUT2D eigenvalue weighted by Gasteiger charge is -2.23. The highest BCUT2D eigenvalue weighted by Crippen LogP contribution is 2.38. The van der Waals surface area contributed by atoms with E-state index in [-0.39, 0.29) is 22.4 Å². The van der Waals surface area contributed by atoms with E-state index in [0.717, 1.165) is 27.2 Å². The Morgan fingerprint density at radius 2 is 1.77 bits per heavy atom. The Bertz CT molecular complexity index is 1480. The maximum atomic E-state index is 15.1. The molecule has 0 saturated heterocycles. The van der Waals surface area contributed by atoms with Crippen LogP contribution in [0.3, 0.4) is 0 Å². The number of anilines is 2.